The van der Waals surface area contributed by atoms with Gasteiger partial charge in [0.1, 0.15) is 11.3 Å². The number of carbonyl (C=O) groups excluding carboxylic acids is 1. The minimum absolute atomic E-state index is 0.169. The summed E-state index contributed by atoms with van der Waals surface area (Å²) < 4.78 is 41.9. The minimum Gasteiger partial charge on any atom is -0.298 e. The van der Waals surface area contributed by atoms with E-state index in [1.807, 2.05) is 0 Å². The normalized spacial score (nSPS) is 20.4. The molecule has 2 heterocycles. The molecule has 1 amide bonds. The number of carbonyl (C=O) groups is 1. The molecule has 30 heavy (non-hydrogen) atoms. The van der Waals surface area contributed by atoms with E-state index in [0.717, 1.165) is 6.42 Å². The third-order valence-corrected chi connectivity index (χ3v) is 7.96. The Kier molecular flexibility index (Phi) is 5.61. The van der Waals surface area contributed by atoms with Crippen LogP contribution in [0.25, 0.3) is 10.2 Å². The second-order valence-electron chi connectivity index (χ2n) is 7.85. The molecule has 1 aromatic heterocycles. The standard InChI is InChI=1S/C21H22FN3O3S2/c1-13-10-14(2)12-25(11-13)30(27,28)16-8-6-15(7-9-16)20(26)24-21-23-19-17(22)4-3-5-18(19)29-21/h3-9,13-14H,10-12H2,1-2H3,(H,23,24,26)/t13-,14-/m1/s1. The van der Waals surface area contributed by atoms with Crippen LogP contribution in [0.15, 0.2) is 47.4 Å². The average Bonchev–Trinajstić information content (AvgIpc) is 3.11. The van der Waals surface area contributed by atoms with Crippen molar-refractivity contribution in [1.82, 2.24) is 9.29 Å². The van der Waals surface area contributed by atoms with Crippen molar-refractivity contribution in [2.75, 3.05) is 18.4 Å². The zero-order chi connectivity index (χ0) is 21.5. The van der Waals surface area contributed by atoms with E-state index in [-0.39, 0.29) is 15.5 Å². The van der Waals surface area contributed by atoms with Crippen LogP contribution in [0.3, 0.4) is 0 Å². The number of benzene rings is 2. The third kappa shape index (κ3) is 4.10. The summed E-state index contributed by atoms with van der Waals surface area (Å²) in [6, 6.07) is 10.5. The van der Waals surface area contributed by atoms with Crippen LogP contribution in [0.1, 0.15) is 30.6 Å². The fourth-order valence-electron chi connectivity index (χ4n) is 3.87. The molecule has 1 saturated heterocycles. The molecule has 1 N–H and O–H groups in total. The second-order valence-corrected chi connectivity index (χ2v) is 10.8. The maximum absolute atomic E-state index is 13.8. The van der Waals surface area contributed by atoms with Crippen LogP contribution in [-0.2, 0) is 10.0 Å². The van der Waals surface area contributed by atoms with Gasteiger partial charge in [0.05, 0.1) is 9.60 Å². The number of para-hydroxylation sites is 1. The monoisotopic (exact) mass is 447 g/mol. The van der Waals surface area contributed by atoms with E-state index < -0.39 is 21.7 Å². The lowest BCUT2D eigenvalue weighted by Gasteiger charge is -2.34. The van der Waals surface area contributed by atoms with Crippen LogP contribution in [0.2, 0.25) is 0 Å². The fourth-order valence-corrected chi connectivity index (χ4v) is 6.42. The van der Waals surface area contributed by atoms with Gasteiger partial charge in [-0.25, -0.2) is 17.8 Å². The summed E-state index contributed by atoms with van der Waals surface area (Å²) >= 11 is 1.18. The van der Waals surface area contributed by atoms with Gasteiger partial charge in [0.25, 0.3) is 5.91 Å². The second kappa shape index (κ2) is 8.05. The molecule has 4 rings (SSSR count). The van der Waals surface area contributed by atoms with Crippen molar-refractivity contribution in [2.45, 2.75) is 25.2 Å². The summed E-state index contributed by atoms with van der Waals surface area (Å²) in [5.74, 6) is -0.252. The number of aromatic nitrogens is 1. The number of hydrogen-bond acceptors (Lipinski definition) is 5. The Morgan fingerprint density at radius 3 is 2.43 bits per heavy atom. The van der Waals surface area contributed by atoms with Crippen molar-refractivity contribution in [1.29, 1.82) is 0 Å². The highest BCUT2D eigenvalue weighted by molar-refractivity contribution is 7.89. The van der Waals surface area contributed by atoms with Crippen molar-refractivity contribution in [3.63, 3.8) is 0 Å². The first kappa shape index (κ1) is 20.9. The van der Waals surface area contributed by atoms with E-state index in [4.69, 9.17) is 0 Å². The van der Waals surface area contributed by atoms with E-state index in [9.17, 15) is 17.6 Å². The molecule has 2 aromatic carbocycles. The maximum atomic E-state index is 13.8. The van der Waals surface area contributed by atoms with E-state index in [2.05, 4.69) is 24.1 Å². The fraction of sp³-hybridized carbons (Fsp3) is 0.333. The van der Waals surface area contributed by atoms with E-state index >= 15 is 0 Å². The number of fused-ring (bicyclic) bond motifs is 1. The van der Waals surface area contributed by atoms with Crippen LogP contribution in [0.5, 0.6) is 0 Å². The molecule has 0 saturated carbocycles. The van der Waals surface area contributed by atoms with Crippen LogP contribution >= 0.6 is 11.3 Å². The molecule has 1 fully saturated rings. The summed E-state index contributed by atoms with van der Waals surface area (Å²) in [5, 5.41) is 2.94. The number of anilines is 1. The van der Waals surface area contributed by atoms with E-state index in [1.54, 1.807) is 12.1 Å². The Labute approximate surface area is 178 Å². The van der Waals surface area contributed by atoms with E-state index in [1.165, 1.54) is 46.0 Å². The number of hydrogen-bond donors (Lipinski definition) is 1. The molecule has 6 nitrogen and oxygen atoms in total. The highest BCUT2D eigenvalue weighted by atomic mass is 32.2. The molecule has 0 radical (unpaired) electrons. The molecular formula is C21H22FN3O3S2. The smallest absolute Gasteiger partial charge is 0.257 e. The number of halogens is 1. The Bertz CT molecular complexity index is 1180. The van der Waals surface area contributed by atoms with Gasteiger partial charge in [-0.05, 0) is 54.7 Å². The highest BCUT2D eigenvalue weighted by Gasteiger charge is 2.31. The molecule has 3 aromatic rings. The Morgan fingerprint density at radius 1 is 1.13 bits per heavy atom. The van der Waals surface area contributed by atoms with Gasteiger partial charge in [0, 0.05) is 18.7 Å². The predicted octanol–water partition coefficient (Wildman–Crippen LogP) is 4.35. The van der Waals surface area contributed by atoms with Crippen molar-refractivity contribution in [3.8, 4) is 0 Å². The third-order valence-electron chi connectivity index (χ3n) is 5.18. The topological polar surface area (TPSA) is 79.4 Å². The van der Waals surface area contributed by atoms with Crippen molar-refractivity contribution >= 4 is 42.6 Å². The molecule has 158 valence electrons. The van der Waals surface area contributed by atoms with Crippen LogP contribution < -0.4 is 5.32 Å². The number of amides is 1. The minimum atomic E-state index is -3.60. The van der Waals surface area contributed by atoms with Crippen LogP contribution in [0, 0.1) is 17.7 Å². The largest absolute Gasteiger partial charge is 0.298 e. The summed E-state index contributed by atoms with van der Waals surface area (Å²) in [4.78, 5) is 16.8. The summed E-state index contributed by atoms with van der Waals surface area (Å²) in [6.07, 6.45) is 1.01. The number of sulfonamides is 1. The highest BCUT2D eigenvalue weighted by Crippen LogP contribution is 2.29. The first-order chi connectivity index (χ1) is 14.2. The lowest BCUT2D eigenvalue weighted by Crippen LogP contribution is -2.42. The van der Waals surface area contributed by atoms with Gasteiger partial charge >= 0.3 is 0 Å². The van der Waals surface area contributed by atoms with Gasteiger partial charge in [-0.15, -0.1) is 0 Å². The Balaban J connectivity index is 1.51. The van der Waals surface area contributed by atoms with Crippen molar-refractivity contribution in [3.05, 3.63) is 53.8 Å². The zero-order valence-electron chi connectivity index (χ0n) is 16.6. The van der Waals surface area contributed by atoms with Gasteiger partial charge in [-0.1, -0.05) is 31.3 Å². The quantitative estimate of drug-likeness (QED) is 0.645. The van der Waals surface area contributed by atoms with Crippen LogP contribution in [0.4, 0.5) is 9.52 Å². The van der Waals surface area contributed by atoms with Gasteiger partial charge in [0.2, 0.25) is 10.0 Å². The number of piperidine rings is 1. The number of nitrogens with one attached hydrogen (secondary N) is 1. The van der Waals surface area contributed by atoms with Gasteiger partial charge in [-0.2, -0.15) is 4.31 Å². The number of thiazole rings is 1. The Morgan fingerprint density at radius 2 is 1.80 bits per heavy atom. The molecule has 0 aliphatic carbocycles. The molecule has 0 bridgehead atoms. The van der Waals surface area contributed by atoms with E-state index in [0.29, 0.717) is 35.2 Å². The number of nitrogens with zero attached hydrogens (tertiary/aromatic N) is 2. The summed E-state index contributed by atoms with van der Waals surface area (Å²) in [5.41, 5.74) is 0.512. The first-order valence-corrected chi connectivity index (χ1v) is 12.0. The molecule has 9 heteroatoms. The molecule has 0 spiro atoms. The SMILES string of the molecule is C[C@@H]1C[C@@H](C)CN(S(=O)(=O)c2ccc(C(=O)Nc3nc4c(F)cccc4s3)cc2)C1. The van der Waals surface area contributed by atoms with Crippen LogP contribution in [-0.4, -0.2) is 36.7 Å². The van der Waals surface area contributed by atoms with Crippen molar-refractivity contribution < 1.29 is 17.6 Å². The van der Waals surface area contributed by atoms with Gasteiger partial charge in [-0.3, -0.25) is 10.1 Å². The first-order valence-electron chi connectivity index (χ1n) is 9.70. The lowest BCUT2D eigenvalue weighted by atomic mass is 9.94. The molecule has 0 unspecified atom stereocenters. The van der Waals surface area contributed by atoms with Gasteiger partial charge < -0.3 is 0 Å². The number of rotatable bonds is 4. The summed E-state index contributed by atoms with van der Waals surface area (Å²) in [7, 11) is -3.60. The predicted molar refractivity (Wildman–Crippen MR) is 116 cm³/mol. The molecule has 2 atom stereocenters. The molecule has 1 aliphatic rings. The Hall–Kier alpha value is -2.36. The summed E-state index contributed by atoms with van der Waals surface area (Å²) in [6.45, 7) is 5.12. The van der Waals surface area contributed by atoms with Crippen molar-refractivity contribution in [2.24, 2.45) is 11.8 Å². The molecule has 1 aliphatic heterocycles. The zero-order valence-corrected chi connectivity index (χ0v) is 18.3. The maximum Gasteiger partial charge on any atom is 0.257 e. The average molecular weight is 448 g/mol. The molecular weight excluding hydrogens is 425 g/mol. The lowest BCUT2D eigenvalue weighted by molar-refractivity contribution is 0.102. The van der Waals surface area contributed by atoms with Gasteiger partial charge in [0.15, 0.2) is 5.13 Å².